The second-order valence-corrected chi connectivity index (χ2v) is 6.22. The Morgan fingerprint density at radius 1 is 0.864 bits per heavy atom. The van der Waals surface area contributed by atoms with Crippen LogP contribution in [0.2, 0.25) is 0 Å². The summed E-state index contributed by atoms with van der Waals surface area (Å²) in [6.45, 7) is 2.00. The van der Waals surface area contributed by atoms with Gasteiger partial charge in [0.2, 0.25) is 0 Å². The summed E-state index contributed by atoms with van der Waals surface area (Å²) < 4.78 is 0. The van der Waals surface area contributed by atoms with Crippen LogP contribution in [0.1, 0.15) is 30.9 Å². The Balaban J connectivity index is 2.06. The van der Waals surface area contributed by atoms with E-state index in [-0.39, 0.29) is 5.12 Å². The van der Waals surface area contributed by atoms with Crippen molar-refractivity contribution >= 4 is 16.9 Å². The van der Waals surface area contributed by atoms with E-state index in [0.717, 1.165) is 12.2 Å². The first-order valence-corrected chi connectivity index (χ1v) is 8.57. The molecule has 2 aromatic carbocycles. The quantitative estimate of drug-likeness (QED) is 0.648. The fraction of sp³-hybridized carbons (Fsp3) is 0.200. The molecule has 2 aromatic rings. The largest absolute Gasteiger partial charge is 0.287 e. The van der Waals surface area contributed by atoms with Crippen molar-refractivity contribution < 1.29 is 4.79 Å². The predicted molar refractivity (Wildman–Crippen MR) is 95.8 cm³/mol. The van der Waals surface area contributed by atoms with E-state index < -0.39 is 0 Å². The zero-order chi connectivity index (χ0) is 15.6. The summed E-state index contributed by atoms with van der Waals surface area (Å²) in [6, 6.07) is 20.8. The van der Waals surface area contributed by atoms with Gasteiger partial charge in [-0.25, -0.2) is 0 Å². The second-order valence-electron chi connectivity index (χ2n) is 4.90. The standard InChI is InChI=1S/C20H21OS/c1-2-22-20(21)16-10-9-15-19(17-11-5-3-6-12-17)18-13-7-4-8-14-18/h3-14H,2,15-16H2,1H3/b10-9+. The monoisotopic (exact) mass is 309 g/mol. The van der Waals surface area contributed by atoms with Crippen molar-refractivity contribution in [2.24, 2.45) is 0 Å². The molecule has 0 amide bonds. The molecule has 1 radical (unpaired) electrons. The van der Waals surface area contributed by atoms with Gasteiger partial charge in [-0.05, 0) is 23.3 Å². The number of carbonyl (C=O) groups is 1. The third-order valence-electron chi connectivity index (χ3n) is 3.32. The molecular formula is C20H21OS. The van der Waals surface area contributed by atoms with Crippen molar-refractivity contribution in [3.8, 4) is 0 Å². The van der Waals surface area contributed by atoms with E-state index in [4.69, 9.17) is 0 Å². The van der Waals surface area contributed by atoms with Crippen molar-refractivity contribution in [3.05, 3.63) is 89.9 Å². The molecule has 1 nitrogen and oxygen atoms in total. The van der Waals surface area contributed by atoms with Crippen LogP contribution < -0.4 is 0 Å². The van der Waals surface area contributed by atoms with Crippen LogP contribution >= 0.6 is 11.8 Å². The predicted octanol–water partition coefficient (Wildman–Crippen LogP) is 5.27. The fourth-order valence-corrected chi connectivity index (χ4v) is 2.82. The van der Waals surface area contributed by atoms with Gasteiger partial charge in [0.05, 0.1) is 0 Å². The van der Waals surface area contributed by atoms with Crippen LogP contribution in [0.5, 0.6) is 0 Å². The summed E-state index contributed by atoms with van der Waals surface area (Å²) in [5, 5.41) is 0.236. The Kier molecular flexibility index (Phi) is 6.98. The Morgan fingerprint density at radius 2 is 1.36 bits per heavy atom. The Morgan fingerprint density at radius 3 is 1.86 bits per heavy atom. The fourth-order valence-electron chi connectivity index (χ4n) is 2.28. The van der Waals surface area contributed by atoms with Crippen LogP contribution in [0.3, 0.4) is 0 Å². The van der Waals surface area contributed by atoms with Gasteiger partial charge in [-0.2, -0.15) is 0 Å². The van der Waals surface area contributed by atoms with Gasteiger partial charge in [0.1, 0.15) is 0 Å². The highest BCUT2D eigenvalue weighted by Gasteiger charge is 2.12. The molecule has 0 fully saturated rings. The number of rotatable bonds is 7. The van der Waals surface area contributed by atoms with Gasteiger partial charge < -0.3 is 0 Å². The number of allylic oxidation sites excluding steroid dienone is 2. The van der Waals surface area contributed by atoms with Crippen molar-refractivity contribution in [2.75, 3.05) is 5.75 Å². The minimum absolute atomic E-state index is 0.236. The van der Waals surface area contributed by atoms with Gasteiger partial charge in [-0.3, -0.25) is 4.79 Å². The van der Waals surface area contributed by atoms with E-state index in [1.165, 1.54) is 28.8 Å². The Hall–Kier alpha value is -1.80. The highest BCUT2D eigenvalue weighted by atomic mass is 32.2. The lowest BCUT2D eigenvalue weighted by Crippen LogP contribution is -2.01. The molecule has 0 aromatic heterocycles. The van der Waals surface area contributed by atoms with E-state index in [0.29, 0.717) is 6.42 Å². The molecule has 113 valence electrons. The average molecular weight is 309 g/mol. The molecule has 0 bridgehead atoms. The summed E-state index contributed by atoms with van der Waals surface area (Å²) in [5.74, 6) is 2.13. The maximum absolute atomic E-state index is 11.5. The number of thioether (sulfide) groups is 1. The third-order valence-corrected chi connectivity index (χ3v) is 4.10. The van der Waals surface area contributed by atoms with Gasteiger partial charge in [0, 0.05) is 12.3 Å². The third kappa shape index (κ3) is 5.19. The van der Waals surface area contributed by atoms with Crippen LogP contribution in [-0.2, 0) is 4.79 Å². The number of benzene rings is 2. The molecule has 0 spiro atoms. The molecule has 0 N–H and O–H groups in total. The first-order chi connectivity index (χ1) is 10.8. The van der Waals surface area contributed by atoms with Crippen molar-refractivity contribution in [2.45, 2.75) is 19.8 Å². The molecule has 2 heteroatoms. The smallest absolute Gasteiger partial charge is 0.192 e. The number of hydrogen-bond acceptors (Lipinski definition) is 2. The SMILES string of the molecule is CCSC(=O)C/C=C/C[C](c1ccccc1)c1ccccc1. The molecule has 0 aliphatic carbocycles. The van der Waals surface area contributed by atoms with Crippen molar-refractivity contribution in [1.29, 1.82) is 0 Å². The van der Waals surface area contributed by atoms with E-state index in [9.17, 15) is 4.79 Å². The number of carbonyl (C=O) groups excluding carboxylic acids is 1. The molecule has 0 unspecified atom stereocenters. The average Bonchev–Trinajstić information content (AvgIpc) is 2.57. The van der Waals surface area contributed by atoms with E-state index >= 15 is 0 Å². The lowest BCUT2D eigenvalue weighted by atomic mass is 9.88. The summed E-state index contributed by atoms with van der Waals surface area (Å²) in [6.07, 6.45) is 5.42. The maximum Gasteiger partial charge on any atom is 0.192 e. The molecule has 0 aliphatic rings. The first-order valence-electron chi connectivity index (χ1n) is 7.58. The second kappa shape index (κ2) is 9.26. The highest BCUT2D eigenvalue weighted by Crippen LogP contribution is 2.27. The summed E-state index contributed by atoms with van der Waals surface area (Å²) in [4.78, 5) is 11.5. The molecule has 0 saturated heterocycles. The minimum atomic E-state index is 0.236. The van der Waals surface area contributed by atoms with Gasteiger partial charge in [0.15, 0.2) is 5.12 Å². The van der Waals surface area contributed by atoms with Gasteiger partial charge >= 0.3 is 0 Å². The first kappa shape index (κ1) is 16.6. The molecule has 2 rings (SSSR count). The lowest BCUT2D eigenvalue weighted by molar-refractivity contribution is -0.110. The van der Waals surface area contributed by atoms with Crippen molar-refractivity contribution in [1.82, 2.24) is 0 Å². The van der Waals surface area contributed by atoms with Crippen LogP contribution in [-0.4, -0.2) is 10.9 Å². The lowest BCUT2D eigenvalue weighted by Gasteiger charge is -2.15. The molecule has 0 aliphatic heterocycles. The van der Waals surface area contributed by atoms with Crippen LogP contribution in [0, 0.1) is 5.92 Å². The maximum atomic E-state index is 11.5. The van der Waals surface area contributed by atoms with Gasteiger partial charge in [0.25, 0.3) is 0 Å². The Bertz CT molecular complexity index is 550. The van der Waals surface area contributed by atoms with Gasteiger partial charge in [-0.1, -0.05) is 91.5 Å². The summed E-state index contributed by atoms with van der Waals surface area (Å²) in [5.41, 5.74) is 2.46. The normalized spacial score (nSPS) is 11.2. The van der Waals surface area contributed by atoms with E-state index in [2.05, 4.69) is 54.6 Å². The minimum Gasteiger partial charge on any atom is -0.287 e. The van der Waals surface area contributed by atoms with Crippen LogP contribution in [0.4, 0.5) is 0 Å². The van der Waals surface area contributed by atoms with Crippen LogP contribution in [0.15, 0.2) is 72.8 Å². The Labute approximate surface area is 137 Å². The molecule has 0 saturated carbocycles. The molecule has 0 heterocycles. The zero-order valence-corrected chi connectivity index (χ0v) is 13.7. The zero-order valence-electron chi connectivity index (χ0n) is 12.9. The molecule has 0 atom stereocenters. The van der Waals surface area contributed by atoms with Crippen molar-refractivity contribution in [3.63, 3.8) is 0 Å². The van der Waals surface area contributed by atoms with Crippen LogP contribution in [0.25, 0.3) is 0 Å². The van der Waals surface area contributed by atoms with E-state index in [1.807, 2.05) is 25.1 Å². The summed E-state index contributed by atoms with van der Waals surface area (Å²) >= 11 is 1.39. The van der Waals surface area contributed by atoms with Gasteiger partial charge in [-0.15, -0.1) is 0 Å². The molecule has 22 heavy (non-hydrogen) atoms. The highest BCUT2D eigenvalue weighted by molar-refractivity contribution is 8.13. The molecular weight excluding hydrogens is 288 g/mol. The topological polar surface area (TPSA) is 17.1 Å². The summed E-state index contributed by atoms with van der Waals surface area (Å²) in [7, 11) is 0. The van der Waals surface area contributed by atoms with E-state index in [1.54, 1.807) is 0 Å². The number of hydrogen-bond donors (Lipinski definition) is 0.